The number of fused-ring (bicyclic) bond motifs is 1. The van der Waals surface area contributed by atoms with Gasteiger partial charge in [-0.05, 0) is 23.8 Å². The van der Waals surface area contributed by atoms with Gasteiger partial charge in [0, 0.05) is 12.2 Å². The number of carbonyl (C=O) groups excluding carboxylic acids is 1. The number of hydrogen-bond donors (Lipinski definition) is 1. The maximum Gasteiger partial charge on any atom is 0.312 e. The lowest BCUT2D eigenvalue weighted by atomic mass is 10.0. The van der Waals surface area contributed by atoms with Crippen LogP contribution in [0.1, 0.15) is 11.5 Å². The Morgan fingerprint density at radius 1 is 1.09 bits per heavy atom. The molecule has 1 N–H and O–H groups in total. The Bertz CT molecular complexity index is 699. The van der Waals surface area contributed by atoms with E-state index in [4.69, 9.17) is 4.74 Å². The molecule has 2 aromatic carbocycles. The highest BCUT2D eigenvalue weighted by atomic mass is 16.5. The molecule has 0 aliphatic carbocycles. The lowest BCUT2D eigenvalue weighted by Gasteiger charge is -2.17. The largest absolute Gasteiger partial charge is 0.484 e. The first-order chi connectivity index (χ1) is 10.7. The molecule has 112 valence electrons. The molecule has 1 amide bonds. The first kappa shape index (κ1) is 14.1. The SMILES string of the molecule is O=C(O)[C@H]1CN(C(=O)COc2ccccc2)c2ccccc21. The normalized spacial score (nSPS) is 16.2. The van der Waals surface area contributed by atoms with Crippen LogP contribution in [0.2, 0.25) is 0 Å². The summed E-state index contributed by atoms with van der Waals surface area (Å²) in [7, 11) is 0. The van der Waals surface area contributed by atoms with Crippen LogP contribution < -0.4 is 9.64 Å². The van der Waals surface area contributed by atoms with Gasteiger partial charge in [0.05, 0.1) is 0 Å². The smallest absolute Gasteiger partial charge is 0.312 e. The number of para-hydroxylation sites is 2. The van der Waals surface area contributed by atoms with Crippen molar-refractivity contribution in [2.24, 2.45) is 0 Å². The van der Waals surface area contributed by atoms with Crippen molar-refractivity contribution in [1.82, 2.24) is 0 Å². The van der Waals surface area contributed by atoms with Crippen molar-refractivity contribution >= 4 is 17.6 Å². The van der Waals surface area contributed by atoms with E-state index in [1.807, 2.05) is 18.2 Å². The molecule has 1 aliphatic heterocycles. The number of rotatable bonds is 4. The quantitative estimate of drug-likeness (QED) is 0.940. The number of carboxylic acid groups (broad SMARTS) is 1. The van der Waals surface area contributed by atoms with E-state index in [0.29, 0.717) is 17.0 Å². The summed E-state index contributed by atoms with van der Waals surface area (Å²) < 4.78 is 5.45. The molecular formula is C17H15NO4. The van der Waals surface area contributed by atoms with Gasteiger partial charge in [0.25, 0.3) is 5.91 Å². The Labute approximate surface area is 127 Å². The van der Waals surface area contributed by atoms with Crippen LogP contribution in [0.3, 0.4) is 0 Å². The average Bonchev–Trinajstić information content (AvgIpc) is 2.93. The molecule has 0 saturated carbocycles. The summed E-state index contributed by atoms with van der Waals surface area (Å²) in [6, 6.07) is 16.1. The number of benzene rings is 2. The van der Waals surface area contributed by atoms with Crippen molar-refractivity contribution in [2.45, 2.75) is 5.92 Å². The highest BCUT2D eigenvalue weighted by Crippen LogP contribution is 2.36. The fourth-order valence-corrected chi connectivity index (χ4v) is 2.59. The van der Waals surface area contributed by atoms with E-state index in [-0.39, 0.29) is 19.1 Å². The van der Waals surface area contributed by atoms with Gasteiger partial charge in [0.1, 0.15) is 11.7 Å². The highest BCUT2D eigenvalue weighted by molar-refractivity contribution is 5.99. The van der Waals surface area contributed by atoms with E-state index >= 15 is 0 Å². The predicted molar refractivity (Wildman–Crippen MR) is 81.1 cm³/mol. The summed E-state index contributed by atoms with van der Waals surface area (Å²) in [5.41, 5.74) is 1.32. The lowest BCUT2D eigenvalue weighted by Crippen LogP contribution is -2.35. The number of carbonyl (C=O) groups is 2. The first-order valence-corrected chi connectivity index (χ1v) is 6.97. The Balaban J connectivity index is 1.75. The molecule has 0 saturated heterocycles. The Morgan fingerprint density at radius 3 is 2.50 bits per heavy atom. The average molecular weight is 297 g/mol. The van der Waals surface area contributed by atoms with Crippen LogP contribution in [0, 0.1) is 0 Å². The third kappa shape index (κ3) is 2.65. The first-order valence-electron chi connectivity index (χ1n) is 6.97. The number of amides is 1. The van der Waals surface area contributed by atoms with Gasteiger partial charge in [-0.3, -0.25) is 9.59 Å². The molecule has 0 radical (unpaired) electrons. The Morgan fingerprint density at radius 2 is 1.77 bits per heavy atom. The molecular weight excluding hydrogens is 282 g/mol. The van der Waals surface area contributed by atoms with Crippen molar-refractivity contribution in [3.8, 4) is 5.75 Å². The summed E-state index contributed by atoms with van der Waals surface area (Å²) >= 11 is 0. The molecule has 22 heavy (non-hydrogen) atoms. The van der Waals surface area contributed by atoms with Gasteiger partial charge in [-0.2, -0.15) is 0 Å². The second-order valence-corrected chi connectivity index (χ2v) is 5.06. The third-order valence-electron chi connectivity index (χ3n) is 3.67. The highest BCUT2D eigenvalue weighted by Gasteiger charge is 2.36. The van der Waals surface area contributed by atoms with Crippen LogP contribution in [-0.2, 0) is 9.59 Å². The molecule has 0 fully saturated rings. The second-order valence-electron chi connectivity index (χ2n) is 5.06. The molecule has 5 heteroatoms. The molecule has 2 aromatic rings. The van der Waals surface area contributed by atoms with Gasteiger partial charge in [-0.15, -0.1) is 0 Å². The number of carboxylic acids is 1. The van der Waals surface area contributed by atoms with Crippen LogP contribution in [0.25, 0.3) is 0 Å². The zero-order chi connectivity index (χ0) is 15.5. The van der Waals surface area contributed by atoms with Gasteiger partial charge in [0.15, 0.2) is 6.61 Å². The fraction of sp³-hybridized carbons (Fsp3) is 0.176. The van der Waals surface area contributed by atoms with E-state index in [9.17, 15) is 14.7 Å². The number of ether oxygens (including phenoxy) is 1. The van der Waals surface area contributed by atoms with Crippen LogP contribution >= 0.6 is 0 Å². The zero-order valence-corrected chi connectivity index (χ0v) is 11.8. The second kappa shape index (κ2) is 5.89. The standard InChI is InChI=1S/C17H15NO4/c19-16(11-22-12-6-2-1-3-7-12)18-10-14(17(20)21)13-8-4-5-9-15(13)18/h1-9,14H,10-11H2,(H,20,21)/t14-/m0/s1. The molecule has 0 unspecified atom stereocenters. The van der Waals surface area contributed by atoms with Gasteiger partial charge in [0.2, 0.25) is 0 Å². The fourth-order valence-electron chi connectivity index (χ4n) is 2.59. The van der Waals surface area contributed by atoms with E-state index < -0.39 is 11.9 Å². The van der Waals surface area contributed by atoms with E-state index in [0.717, 1.165) is 0 Å². The molecule has 1 heterocycles. The summed E-state index contributed by atoms with van der Waals surface area (Å²) in [6.45, 7) is 0.0242. The van der Waals surface area contributed by atoms with Crippen LogP contribution in [0.15, 0.2) is 54.6 Å². The molecule has 5 nitrogen and oxygen atoms in total. The van der Waals surface area contributed by atoms with E-state index in [2.05, 4.69) is 0 Å². The zero-order valence-electron chi connectivity index (χ0n) is 11.8. The molecule has 0 aromatic heterocycles. The number of nitrogens with zero attached hydrogens (tertiary/aromatic N) is 1. The number of aliphatic carboxylic acids is 1. The lowest BCUT2D eigenvalue weighted by molar-refractivity contribution is -0.138. The molecule has 1 atom stereocenters. The van der Waals surface area contributed by atoms with Crippen LogP contribution in [-0.4, -0.2) is 30.1 Å². The summed E-state index contributed by atoms with van der Waals surface area (Å²) in [6.07, 6.45) is 0. The molecule has 0 spiro atoms. The molecule has 1 aliphatic rings. The minimum Gasteiger partial charge on any atom is -0.484 e. The third-order valence-corrected chi connectivity index (χ3v) is 3.67. The van der Waals surface area contributed by atoms with Gasteiger partial charge >= 0.3 is 5.97 Å². The Kier molecular flexibility index (Phi) is 3.78. The van der Waals surface area contributed by atoms with E-state index in [1.54, 1.807) is 36.4 Å². The van der Waals surface area contributed by atoms with Crippen molar-refractivity contribution in [2.75, 3.05) is 18.1 Å². The molecule has 3 rings (SSSR count). The summed E-state index contributed by atoms with van der Waals surface area (Å²) in [4.78, 5) is 25.2. The number of anilines is 1. The van der Waals surface area contributed by atoms with Crippen molar-refractivity contribution in [1.29, 1.82) is 0 Å². The van der Waals surface area contributed by atoms with Crippen LogP contribution in [0.5, 0.6) is 5.75 Å². The van der Waals surface area contributed by atoms with E-state index in [1.165, 1.54) is 4.90 Å². The van der Waals surface area contributed by atoms with Crippen molar-refractivity contribution < 1.29 is 19.4 Å². The molecule has 0 bridgehead atoms. The van der Waals surface area contributed by atoms with Gasteiger partial charge in [-0.25, -0.2) is 0 Å². The minimum atomic E-state index is -0.924. The Hall–Kier alpha value is -2.82. The van der Waals surface area contributed by atoms with Crippen LogP contribution in [0.4, 0.5) is 5.69 Å². The topological polar surface area (TPSA) is 66.8 Å². The minimum absolute atomic E-state index is 0.120. The van der Waals surface area contributed by atoms with Crippen molar-refractivity contribution in [3.05, 3.63) is 60.2 Å². The summed E-state index contributed by atoms with van der Waals surface area (Å²) in [5.74, 6) is -1.25. The predicted octanol–water partition coefficient (Wildman–Crippen LogP) is 2.28. The maximum atomic E-state index is 12.4. The van der Waals surface area contributed by atoms with Gasteiger partial charge in [-0.1, -0.05) is 36.4 Å². The summed E-state index contributed by atoms with van der Waals surface area (Å²) in [5, 5.41) is 9.30. The van der Waals surface area contributed by atoms with Crippen molar-refractivity contribution in [3.63, 3.8) is 0 Å². The van der Waals surface area contributed by atoms with Gasteiger partial charge < -0.3 is 14.7 Å². The maximum absolute atomic E-state index is 12.4. The number of hydrogen-bond acceptors (Lipinski definition) is 3. The monoisotopic (exact) mass is 297 g/mol.